The van der Waals surface area contributed by atoms with Gasteiger partial charge in [-0.2, -0.15) is 0 Å². The summed E-state index contributed by atoms with van der Waals surface area (Å²) in [6, 6.07) is 2.46. The zero-order valence-electron chi connectivity index (χ0n) is 15.2. The normalized spacial score (nSPS) is 15.5. The average molecular weight is 404 g/mol. The molecule has 1 heterocycles. The molecular weight excluding hydrogens is 382 g/mol. The summed E-state index contributed by atoms with van der Waals surface area (Å²) in [5, 5.41) is 0. The Kier molecular flexibility index (Phi) is 6.74. The maximum Gasteiger partial charge on any atom is 0.309 e. The number of piperidine rings is 1. The molecule has 1 amide bonds. The van der Waals surface area contributed by atoms with Crippen LogP contribution in [0.25, 0.3) is 0 Å². The third-order valence-electron chi connectivity index (χ3n) is 4.33. The van der Waals surface area contributed by atoms with Crippen LogP contribution < -0.4 is 4.31 Å². The van der Waals surface area contributed by atoms with E-state index in [4.69, 9.17) is 4.74 Å². The molecule has 0 saturated carbocycles. The second-order valence-electron chi connectivity index (χ2n) is 6.27. The predicted molar refractivity (Wildman–Crippen MR) is 94.5 cm³/mol. The molecule has 0 aromatic heterocycles. The van der Waals surface area contributed by atoms with E-state index >= 15 is 0 Å². The van der Waals surface area contributed by atoms with Crippen molar-refractivity contribution in [2.45, 2.75) is 19.8 Å². The van der Waals surface area contributed by atoms with E-state index in [1.54, 1.807) is 6.92 Å². The first-order valence-corrected chi connectivity index (χ1v) is 10.4. The minimum Gasteiger partial charge on any atom is -0.466 e. The summed E-state index contributed by atoms with van der Waals surface area (Å²) in [6.45, 7) is 1.93. The number of amides is 1. The number of esters is 1. The smallest absolute Gasteiger partial charge is 0.309 e. The first-order chi connectivity index (χ1) is 12.6. The Bertz CT molecular complexity index is 808. The van der Waals surface area contributed by atoms with Gasteiger partial charge in [-0.15, -0.1) is 0 Å². The van der Waals surface area contributed by atoms with Crippen molar-refractivity contribution in [3.63, 3.8) is 0 Å². The summed E-state index contributed by atoms with van der Waals surface area (Å²) in [6.07, 6.45) is 1.67. The SMILES string of the molecule is CCOC(=O)C1CCN(C(=O)CN(c2ccc(F)cc2F)S(C)(=O)=O)CC1. The lowest BCUT2D eigenvalue weighted by Gasteiger charge is -2.32. The van der Waals surface area contributed by atoms with Crippen LogP contribution in [0.2, 0.25) is 0 Å². The Morgan fingerprint density at radius 1 is 1.26 bits per heavy atom. The Labute approximate surface area is 156 Å². The van der Waals surface area contributed by atoms with Crippen LogP contribution in [0.15, 0.2) is 18.2 Å². The van der Waals surface area contributed by atoms with Gasteiger partial charge in [0, 0.05) is 19.2 Å². The molecule has 0 N–H and O–H groups in total. The van der Waals surface area contributed by atoms with Crippen molar-refractivity contribution in [3.8, 4) is 0 Å². The highest BCUT2D eigenvalue weighted by atomic mass is 32.2. The maximum atomic E-state index is 14.0. The summed E-state index contributed by atoms with van der Waals surface area (Å²) in [5.74, 6) is -3.05. The van der Waals surface area contributed by atoms with Gasteiger partial charge in [0.05, 0.1) is 24.5 Å². The fourth-order valence-electron chi connectivity index (χ4n) is 2.91. The molecule has 10 heteroatoms. The zero-order valence-corrected chi connectivity index (χ0v) is 16.0. The zero-order chi connectivity index (χ0) is 20.2. The minimum absolute atomic E-state index is 0.270. The molecule has 1 aliphatic heterocycles. The van der Waals surface area contributed by atoms with Crippen molar-refractivity contribution >= 4 is 27.6 Å². The van der Waals surface area contributed by atoms with E-state index in [2.05, 4.69) is 0 Å². The molecule has 0 spiro atoms. The lowest BCUT2D eigenvalue weighted by molar-refractivity contribution is -0.151. The molecule has 0 atom stereocenters. The number of hydrogen-bond acceptors (Lipinski definition) is 5. The molecule has 1 fully saturated rings. The quantitative estimate of drug-likeness (QED) is 0.672. The van der Waals surface area contributed by atoms with E-state index in [-0.39, 0.29) is 31.6 Å². The number of benzene rings is 1. The molecule has 0 unspecified atom stereocenters. The summed E-state index contributed by atoms with van der Waals surface area (Å²) < 4.78 is 56.8. The van der Waals surface area contributed by atoms with E-state index < -0.39 is 39.8 Å². The van der Waals surface area contributed by atoms with Gasteiger partial charge in [-0.1, -0.05) is 0 Å². The summed E-state index contributed by atoms with van der Waals surface area (Å²) >= 11 is 0. The van der Waals surface area contributed by atoms with Crippen molar-refractivity contribution in [1.29, 1.82) is 0 Å². The van der Waals surface area contributed by atoms with E-state index in [0.717, 1.165) is 18.4 Å². The van der Waals surface area contributed by atoms with Gasteiger partial charge in [0.1, 0.15) is 18.2 Å². The van der Waals surface area contributed by atoms with Crippen LogP contribution in [-0.4, -0.2) is 57.7 Å². The van der Waals surface area contributed by atoms with Gasteiger partial charge in [-0.25, -0.2) is 17.2 Å². The number of ether oxygens (including phenoxy) is 1. The number of anilines is 1. The number of likely N-dealkylation sites (tertiary alicyclic amines) is 1. The molecule has 1 aromatic carbocycles. The van der Waals surface area contributed by atoms with Crippen molar-refractivity contribution < 1.29 is 31.5 Å². The molecule has 27 heavy (non-hydrogen) atoms. The van der Waals surface area contributed by atoms with Gasteiger partial charge in [0.25, 0.3) is 0 Å². The summed E-state index contributed by atoms with van der Waals surface area (Å²) in [7, 11) is -3.97. The number of hydrogen-bond donors (Lipinski definition) is 0. The lowest BCUT2D eigenvalue weighted by atomic mass is 9.97. The molecule has 0 bridgehead atoms. The average Bonchev–Trinajstić information content (AvgIpc) is 2.59. The van der Waals surface area contributed by atoms with E-state index in [1.165, 1.54) is 4.90 Å². The highest BCUT2D eigenvalue weighted by molar-refractivity contribution is 7.92. The van der Waals surface area contributed by atoms with Gasteiger partial charge >= 0.3 is 5.97 Å². The molecular formula is C17H22F2N2O5S. The number of rotatable bonds is 6. The van der Waals surface area contributed by atoms with Gasteiger partial charge in [0.15, 0.2) is 0 Å². The van der Waals surface area contributed by atoms with Gasteiger partial charge in [-0.3, -0.25) is 13.9 Å². The van der Waals surface area contributed by atoms with E-state index in [1.807, 2.05) is 0 Å². The highest BCUT2D eigenvalue weighted by Gasteiger charge is 2.31. The molecule has 2 rings (SSSR count). The van der Waals surface area contributed by atoms with E-state index in [0.29, 0.717) is 23.2 Å². The predicted octanol–water partition coefficient (Wildman–Crippen LogP) is 1.53. The third kappa shape index (κ3) is 5.38. The second-order valence-corrected chi connectivity index (χ2v) is 8.18. The molecule has 1 saturated heterocycles. The molecule has 1 aromatic rings. The summed E-state index contributed by atoms with van der Waals surface area (Å²) in [4.78, 5) is 25.7. The molecule has 0 radical (unpaired) electrons. The van der Waals surface area contributed by atoms with Crippen LogP contribution in [-0.2, 0) is 24.3 Å². The maximum absolute atomic E-state index is 14.0. The van der Waals surface area contributed by atoms with Crippen molar-refractivity contribution in [2.75, 3.05) is 36.8 Å². The molecule has 0 aliphatic carbocycles. The van der Waals surface area contributed by atoms with Crippen LogP contribution in [0.1, 0.15) is 19.8 Å². The van der Waals surface area contributed by atoms with Crippen LogP contribution in [0.4, 0.5) is 14.5 Å². The number of sulfonamides is 1. The lowest BCUT2D eigenvalue weighted by Crippen LogP contribution is -2.46. The summed E-state index contributed by atoms with van der Waals surface area (Å²) in [5.41, 5.74) is -0.395. The standard InChI is InChI=1S/C17H22F2N2O5S/c1-3-26-17(23)12-6-8-20(9-7-12)16(22)11-21(27(2,24)25)15-5-4-13(18)10-14(15)19/h4-5,10,12H,3,6-9,11H2,1-2H3. The van der Waals surface area contributed by atoms with Crippen LogP contribution in [0.3, 0.4) is 0 Å². The number of carbonyl (C=O) groups is 2. The van der Waals surface area contributed by atoms with Crippen LogP contribution in [0, 0.1) is 17.6 Å². The molecule has 150 valence electrons. The second kappa shape index (κ2) is 8.64. The molecule has 7 nitrogen and oxygen atoms in total. The topological polar surface area (TPSA) is 84.0 Å². The monoisotopic (exact) mass is 404 g/mol. The number of carbonyl (C=O) groups excluding carboxylic acids is 2. The number of nitrogens with zero attached hydrogens (tertiary/aromatic N) is 2. The van der Waals surface area contributed by atoms with Gasteiger partial charge < -0.3 is 9.64 Å². The van der Waals surface area contributed by atoms with Crippen molar-refractivity contribution in [1.82, 2.24) is 4.90 Å². The third-order valence-corrected chi connectivity index (χ3v) is 5.45. The van der Waals surface area contributed by atoms with Crippen LogP contribution >= 0.6 is 0 Å². The van der Waals surface area contributed by atoms with Crippen molar-refractivity contribution in [2.24, 2.45) is 5.92 Å². The highest BCUT2D eigenvalue weighted by Crippen LogP contribution is 2.24. The van der Waals surface area contributed by atoms with Gasteiger partial charge in [-0.05, 0) is 31.9 Å². The fraction of sp³-hybridized carbons (Fsp3) is 0.529. The Morgan fingerprint density at radius 3 is 2.41 bits per heavy atom. The van der Waals surface area contributed by atoms with E-state index in [9.17, 15) is 26.8 Å². The van der Waals surface area contributed by atoms with Crippen molar-refractivity contribution in [3.05, 3.63) is 29.8 Å². The fourth-order valence-corrected chi connectivity index (χ4v) is 3.76. The Balaban J connectivity index is 2.08. The Hall–Kier alpha value is -2.23. The first kappa shape index (κ1) is 21.1. The largest absolute Gasteiger partial charge is 0.466 e. The Morgan fingerprint density at radius 2 is 1.89 bits per heavy atom. The van der Waals surface area contributed by atoms with Crippen LogP contribution in [0.5, 0.6) is 0 Å². The number of halogens is 2. The molecule has 1 aliphatic rings. The first-order valence-electron chi connectivity index (χ1n) is 8.50. The van der Waals surface area contributed by atoms with Gasteiger partial charge in [0.2, 0.25) is 15.9 Å². The minimum atomic E-state index is -3.97.